The molecule has 0 aliphatic carbocycles. The Bertz CT molecular complexity index is 52.1. The fourth-order valence-electron chi connectivity index (χ4n) is 0.295. The van der Waals surface area contributed by atoms with Crippen LogP contribution >= 0.6 is 11.8 Å². The molecule has 0 atom stereocenters. The monoisotopic (exact) mass is 122 g/mol. The predicted molar refractivity (Wildman–Crippen MR) is 25.5 cm³/mol. The number of hydrogen-bond acceptors (Lipinski definition) is 4. The summed E-state index contributed by atoms with van der Waals surface area (Å²) < 4.78 is 9.15. The normalized spacial score (nSPS) is 25.3. The lowest BCUT2D eigenvalue weighted by Crippen LogP contribution is -2.20. The largest absolute Gasteiger partial charge is 0.346 e. The average Bonchev–Trinajstić information content (AvgIpc) is 1.69. The molecule has 0 bridgehead atoms. The Morgan fingerprint density at radius 3 is 2.29 bits per heavy atom. The predicted octanol–water partition coefficient (Wildman–Crippen LogP) is -0.0427. The van der Waals surface area contributed by atoms with Gasteiger partial charge in [0.15, 0.2) is 0 Å². The first-order valence-corrected chi connectivity index (χ1v) is 3.04. The minimum atomic E-state index is -0.985. The van der Waals surface area contributed by atoms with Crippen molar-refractivity contribution in [1.82, 2.24) is 0 Å². The Kier molecular flexibility index (Phi) is 1.93. The molecular weight excluding hydrogens is 116 g/mol. The van der Waals surface area contributed by atoms with Gasteiger partial charge >= 0.3 is 0 Å². The van der Waals surface area contributed by atoms with E-state index in [9.17, 15) is 0 Å². The highest BCUT2D eigenvalue weighted by molar-refractivity contribution is 7.99. The van der Waals surface area contributed by atoms with E-state index in [1.807, 2.05) is 0 Å². The Balaban J connectivity index is 2.12. The van der Waals surface area contributed by atoms with E-state index >= 15 is 0 Å². The van der Waals surface area contributed by atoms with Crippen LogP contribution in [0.5, 0.6) is 0 Å². The third-order valence-corrected chi connectivity index (χ3v) is 1.19. The second kappa shape index (κ2) is 2.52. The summed E-state index contributed by atoms with van der Waals surface area (Å²) in [7, 11) is 0. The fourth-order valence-corrected chi connectivity index (χ4v) is 0.788. The van der Waals surface area contributed by atoms with Crippen molar-refractivity contribution in [2.45, 2.75) is 6.48 Å². The van der Waals surface area contributed by atoms with Crippen molar-refractivity contribution in [3.05, 3.63) is 0 Å². The summed E-state index contributed by atoms with van der Waals surface area (Å²) in [5, 5.41) is 8.45. The van der Waals surface area contributed by atoms with Gasteiger partial charge in [0.1, 0.15) is 0 Å². The minimum Gasteiger partial charge on any atom is -0.346 e. The van der Waals surface area contributed by atoms with Crippen LogP contribution in [-0.4, -0.2) is 23.5 Å². The summed E-state index contributed by atoms with van der Waals surface area (Å²) in [5.74, 6) is 1.06. The summed E-state index contributed by atoms with van der Waals surface area (Å²) in [6.45, 7) is -0.985. The van der Waals surface area contributed by atoms with Crippen molar-refractivity contribution < 1.29 is 14.6 Å². The molecule has 7 heavy (non-hydrogen) atoms. The van der Waals surface area contributed by atoms with Crippen LogP contribution in [0.4, 0.5) is 0 Å². The van der Waals surface area contributed by atoms with Gasteiger partial charge < -0.3 is 14.6 Å². The maximum Gasteiger partial charge on any atom is 0.270 e. The van der Waals surface area contributed by atoms with E-state index in [0.29, 0.717) is 11.9 Å². The number of thioether (sulfide) groups is 1. The molecule has 1 aliphatic heterocycles. The molecule has 0 amide bonds. The maximum absolute atomic E-state index is 8.45. The van der Waals surface area contributed by atoms with E-state index in [1.165, 1.54) is 11.8 Å². The Morgan fingerprint density at radius 2 is 2.00 bits per heavy atom. The van der Waals surface area contributed by atoms with Gasteiger partial charge in [-0.2, -0.15) is 0 Å². The minimum absolute atomic E-state index is 0.529. The van der Waals surface area contributed by atoms with Crippen molar-refractivity contribution in [3.63, 3.8) is 0 Å². The van der Waals surface area contributed by atoms with Gasteiger partial charge in [-0.15, -0.1) is 11.8 Å². The van der Waals surface area contributed by atoms with Gasteiger partial charge in [-0.1, -0.05) is 0 Å². The lowest BCUT2D eigenvalue weighted by Gasteiger charge is -2.16. The summed E-state index contributed by atoms with van der Waals surface area (Å²) in [6, 6.07) is 0. The molecule has 0 spiro atoms. The lowest BCUT2D eigenvalue weighted by atomic mass is 11.2. The molecule has 0 aromatic heterocycles. The van der Waals surface area contributed by atoms with Crippen LogP contribution in [-0.2, 0) is 9.47 Å². The molecule has 0 aromatic carbocycles. The number of aliphatic hydroxyl groups excluding tert-OH is 1. The van der Waals surface area contributed by atoms with Crippen molar-refractivity contribution in [2.75, 3.05) is 11.9 Å². The van der Waals surface area contributed by atoms with E-state index in [0.717, 1.165) is 0 Å². The molecule has 0 radical (unpaired) electrons. The summed E-state index contributed by atoms with van der Waals surface area (Å²) in [5.41, 5.74) is 0. The van der Waals surface area contributed by atoms with Crippen LogP contribution in [0.3, 0.4) is 0 Å². The van der Waals surface area contributed by atoms with Gasteiger partial charge in [-0.05, 0) is 0 Å². The third kappa shape index (κ3) is 1.65. The van der Waals surface area contributed by atoms with Crippen molar-refractivity contribution in [2.24, 2.45) is 0 Å². The van der Waals surface area contributed by atoms with Gasteiger partial charge in [-0.3, -0.25) is 0 Å². The second-order valence-electron chi connectivity index (χ2n) is 1.08. The number of rotatable bonds is 0. The fraction of sp³-hybridized carbons (Fsp3) is 1.00. The van der Waals surface area contributed by atoms with Crippen LogP contribution in [0.15, 0.2) is 0 Å². The van der Waals surface area contributed by atoms with E-state index in [4.69, 9.17) is 5.11 Å². The molecule has 42 valence electrons. The zero-order valence-corrected chi connectivity index (χ0v) is 4.48. The third-order valence-electron chi connectivity index (χ3n) is 0.588. The highest BCUT2D eigenvalue weighted by Gasteiger charge is 2.08. The summed E-state index contributed by atoms with van der Waals surface area (Å²) >= 11 is 1.49. The molecule has 3 nitrogen and oxygen atoms in total. The van der Waals surface area contributed by atoms with Crippen LogP contribution in [0.25, 0.3) is 0 Å². The molecule has 0 aromatic rings. The molecular formula is C3H6O3S. The van der Waals surface area contributed by atoms with Gasteiger partial charge in [0.05, 0.1) is 11.9 Å². The first-order chi connectivity index (χ1) is 3.39. The van der Waals surface area contributed by atoms with Gasteiger partial charge in [0.2, 0.25) is 0 Å². The topological polar surface area (TPSA) is 38.7 Å². The molecule has 1 heterocycles. The van der Waals surface area contributed by atoms with Crippen molar-refractivity contribution in [1.29, 1.82) is 0 Å². The van der Waals surface area contributed by atoms with Gasteiger partial charge in [-0.25, -0.2) is 0 Å². The molecule has 1 aliphatic rings. The molecule has 0 saturated carbocycles. The van der Waals surface area contributed by atoms with Gasteiger partial charge in [0, 0.05) is 0 Å². The first kappa shape index (κ1) is 5.37. The molecule has 1 fully saturated rings. The van der Waals surface area contributed by atoms with Crippen molar-refractivity contribution >= 4 is 11.8 Å². The number of ether oxygens (including phenoxy) is 2. The zero-order chi connectivity index (χ0) is 5.11. The highest BCUT2D eigenvalue weighted by Crippen LogP contribution is 2.10. The molecule has 1 saturated heterocycles. The Morgan fingerprint density at radius 1 is 1.43 bits per heavy atom. The van der Waals surface area contributed by atoms with Crippen LogP contribution < -0.4 is 0 Å². The molecule has 1 N–H and O–H groups in total. The van der Waals surface area contributed by atoms with Crippen LogP contribution in [0.2, 0.25) is 0 Å². The summed E-state index contributed by atoms with van der Waals surface area (Å²) in [4.78, 5) is 0. The number of aliphatic hydroxyl groups is 1. The van der Waals surface area contributed by atoms with Gasteiger partial charge in [0.25, 0.3) is 6.48 Å². The molecule has 4 heteroatoms. The van der Waals surface area contributed by atoms with E-state index in [2.05, 4.69) is 9.47 Å². The molecule has 1 rings (SSSR count). The van der Waals surface area contributed by atoms with Crippen LogP contribution in [0.1, 0.15) is 0 Å². The zero-order valence-electron chi connectivity index (χ0n) is 3.66. The number of hydrogen-bond donors (Lipinski definition) is 1. The Hall–Kier alpha value is 0.230. The average molecular weight is 122 g/mol. The van der Waals surface area contributed by atoms with E-state index in [-0.39, 0.29) is 0 Å². The molecule has 0 unspecified atom stereocenters. The summed E-state index contributed by atoms with van der Waals surface area (Å²) in [6.07, 6.45) is 0. The van der Waals surface area contributed by atoms with E-state index in [1.54, 1.807) is 0 Å². The maximum atomic E-state index is 8.45. The smallest absolute Gasteiger partial charge is 0.270 e. The second-order valence-corrected chi connectivity index (χ2v) is 1.96. The SMILES string of the molecule is OC1OCSCO1. The first-order valence-electron chi connectivity index (χ1n) is 1.88. The quantitative estimate of drug-likeness (QED) is 0.489. The Labute approximate surface area is 45.6 Å². The standard InChI is InChI=1S/C3H6O3S/c4-3-5-1-7-2-6-3/h3-4H,1-2H2. The lowest BCUT2D eigenvalue weighted by molar-refractivity contribution is -0.251. The van der Waals surface area contributed by atoms with E-state index < -0.39 is 6.48 Å². The highest BCUT2D eigenvalue weighted by atomic mass is 32.2. The van der Waals surface area contributed by atoms with Crippen LogP contribution in [0, 0.1) is 0 Å². The van der Waals surface area contributed by atoms with Crippen molar-refractivity contribution in [3.8, 4) is 0 Å².